The number of fused-ring (bicyclic) bond motifs is 1. The van der Waals surface area contributed by atoms with Crippen molar-refractivity contribution >= 4 is 52.3 Å². The molecule has 0 fully saturated rings. The molecule has 0 saturated carbocycles. The van der Waals surface area contributed by atoms with Gasteiger partial charge in [-0.25, -0.2) is 4.99 Å². The van der Waals surface area contributed by atoms with E-state index < -0.39 is 0 Å². The van der Waals surface area contributed by atoms with E-state index in [1.54, 1.807) is 29.3 Å². The van der Waals surface area contributed by atoms with E-state index in [0.717, 1.165) is 34.2 Å². The highest BCUT2D eigenvalue weighted by molar-refractivity contribution is 8.03. The Balaban J connectivity index is 1.69. The minimum Gasteiger partial charge on any atom is -0.397 e. The van der Waals surface area contributed by atoms with Crippen LogP contribution in [-0.2, 0) is 17.1 Å². The van der Waals surface area contributed by atoms with Crippen LogP contribution in [0.2, 0.25) is 0 Å². The third-order valence-electron chi connectivity index (χ3n) is 3.93. The Morgan fingerprint density at radius 2 is 2.07 bits per heavy atom. The molecule has 0 atom stereocenters. The van der Waals surface area contributed by atoms with Gasteiger partial charge < -0.3 is 21.7 Å². The van der Waals surface area contributed by atoms with E-state index in [4.69, 9.17) is 5.73 Å². The Kier molecular flexibility index (Phi) is 6.56. The standard InChI is InChI=1S/C20H23N5OS2/c1-12(24-14-5-4-6-15(7-14)25-13(2)26)23-10-18-20(21)17-8-16(9-22-3)28-19(17)11-27-18/h4-8,10,22,24H,1,9,11,21H2,2-3H3,(H,25,26). The van der Waals surface area contributed by atoms with Crippen molar-refractivity contribution in [2.24, 2.45) is 10.7 Å². The molecule has 146 valence electrons. The second-order valence-corrected chi connectivity index (χ2v) is 8.48. The summed E-state index contributed by atoms with van der Waals surface area (Å²) in [5.74, 6) is 1.27. The quantitative estimate of drug-likeness (QED) is 0.516. The molecule has 0 aliphatic carbocycles. The lowest BCUT2D eigenvalue weighted by Gasteiger charge is -2.14. The number of anilines is 2. The predicted molar refractivity (Wildman–Crippen MR) is 121 cm³/mol. The molecule has 1 amide bonds. The first-order chi connectivity index (χ1) is 13.5. The molecule has 1 aromatic carbocycles. The maximum Gasteiger partial charge on any atom is 0.221 e. The van der Waals surface area contributed by atoms with E-state index in [1.807, 2.05) is 31.3 Å². The number of thioether (sulfide) groups is 1. The first kappa shape index (κ1) is 20.2. The molecule has 1 aromatic heterocycles. The molecule has 2 heterocycles. The van der Waals surface area contributed by atoms with Gasteiger partial charge in [0.05, 0.1) is 5.70 Å². The Labute approximate surface area is 173 Å². The first-order valence-corrected chi connectivity index (χ1v) is 10.5. The zero-order chi connectivity index (χ0) is 20.1. The molecule has 0 bridgehead atoms. The van der Waals surface area contributed by atoms with E-state index in [0.29, 0.717) is 11.5 Å². The largest absolute Gasteiger partial charge is 0.397 e. The molecule has 1 aliphatic heterocycles. The zero-order valence-corrected chi connectivity index (χ0v) is 17.5. The summed E-state index contributed by atoms with van der Waals surface area (Å²) in [6.45, 7) is 6.27. The van der Waals surface area contributed by atoms with Crippen molar-refractivity contribution < 1.29 is 4.79 Å². The van der Waals surface area contributed by atoms with Crippen molar-refractivity contribution in [1.82, 2.24) is 5.32 Å². The van der Waals surface area contributed by atoms with E-state index in [9.17, 15) is 4.79 Å². The van der Waals surface area contributed by atoms with Crippen LogP contribution in [0.3, 0.4) is 0 Å². The van der Waals surface area contributed by atoms with Gasteiger partial charge in [0.25, 0.3) is 0 Å². The smallest absolute Gasteiger partial charge is 0.221 e. The number of nitrogens with one attached hydrogen (secondary N) is 3. The summed E-state index contributed by atoms with van der Waals surface area (Å²) in [4.78, 5) is 19.1. The molecule has 0 radical (unpaired) electrons. The molecule has 1 aliphatic rings. The molecule has 0 unspecified atom stereocenters. The van der Waals surface area contributed by atoms with Gasteiger partial charge in [-0.05, 0) is 31.3 Å². The third kappa shape index (κ3) is 5.03. The van der Waals surface area contributed by atoms with Gasteiger partial charge in [-0.3, -0.25) is 4.79 Å². The van der Waals surface area contributed by atoms with Gasteiger partial charge in [0.15, 0.2) is 0 Å². The number of allylic oxidation sites excluding steroid dienone is 1. The summed E-state index contributed by atoms with van der Waals surface area (Å²) in [5.41, 5.74) is 9.74. The molecule has 28 heavy (non-hydrogen) atoms. The number of nitrogens with two attached hydrogens (primary N) is 1. The van der Waals surface area contributed by atoms with Crippen LogP contribution in [0.4, 0.5) is 11.4 Å². The van der Waals surface area contributed by atoms with Crippen LogP contribution in [-0.4, -0.2) is 19.2 Å². The fourth-order valence-corrected chi connectivity index (χ4v) is 4.99. The van der Waals surface area contributed by atoms with Crippen LogP contribution < -0.4 is 21.7 Å². The van der Waals surface area contributed by atoms with E-state index in [-0.39, 0.29) is 5.91 Å². The lowest BCUT2D eigenvalue weighted by molar-refractivity contribution is -0.114. The Hall–Kier alpha value is -2.55. The number of hydrogen-bond acceptors (Lipinski definition) is 7. The fourth-order valence-electron chi connectivity index (χ4n) is 2.75. The summed E-state index contributed by atoms with van der Waals surface area (Å²) >= 11 is 3.48. The van der Waals surface area contributed by atoms with Crippen molar-refractivity contribution in [3.63, 3.8) is 0 Å². The molecule has 3 rings (SSSR count). The normalized spacial score (nSPS) is 13.5. The molecule has 0 saturated heterocycles. The van der Waals surface area contributed by atoms with Crippen LogP contribution in [0.15, 0.2) is 52.6 Å². The number of benzene rings is 1. The number of carbonyl (C=O) groups is 1. The van der Waals surface area contributed by atoms with Crippen LogP contribution in [0.5, 0.6) is 0 Å². The fraction of sp³-hybridized carbons (Fsp3) is 0.200. The number of carbonyl (C=O) groups excluding carboxylic acids is 1. The van der Waals surface area contributed by atoms with Crippen LogP contribution >= 0.6 is 23.1 Å². The van der Waals surface area contributed by atoms with Crippen LogP contribution in [0, 0.1) is 0 Å². The lowest BCUT2D eigenvalue weighted by Crippen LogP contribution is -2.07. The number of rotatable bonds is 7. The van der Waals surface area contributed by atoms with Gasteiger partial charge in [-0.15, -0.1) is 23.1 Å². The Bertz CT molecular complexity index is 961. The van der Waals surface area contributed by atoms with E-state index in [1.165, 1.54) is 16.7 Å². The molecule has 8 heteroatoms. The number of aliphatic imine (C=N–C) groups is 1. The van der Waals surface area contributed by atoms with E-state index >= 15 is 0 Å². The number of thiophene rings is 1. The molecular weight excluding hydrogens is 390 g/mol. The first-order valence-electron chi connectivity index (χ1n) is 8.73. The highest BCUT2D eigenvalue weighted by Gasteiger charge is 2.19. The maximum atomic E-state index is 11.2. The van der Waals surface area contributed by atoms with Gasteiger partial charge >= 0.3 is 0 Å². The maximum absolute atomic E-state index is 11.2. The van der Waals surface area contributed by atoms with Crippen LogP contribution in [0.25, 0.3) is 5.70 Å². The minimum atomic E-state index is -0.114. The number of amides is 1. The molecule has 5 N–H and O–H groups in total. The second kappa shape index (κ2) is 9.09. The molecular formula is C20H23N5OS2. The van der Waals surface area contributed by atoms with Crippen molar-refractivity contribution in [2.75, 3.05) is 17.7 Å². The molecule has 2 aromatic rings. The van der Waals surface area contributed by atoms with E-state index in [2.05, 4.69) is 33.6 Å². The predicted octanol–water partition coefficient (Wildman–Crippen LogP) is 3.95. The monoisotopic (exact) mass is 413 g/mol. The van der Waals surface area contributed by atoms with Crippen molar-refractivity contribution in [3.05, 3.63) is 63.0 Å². The lowest BCUT2D eigenvalue weighted by atomic mass is 10.1. The average molecular weight is 414 g/mol. The number of hydrogen-bond donors (Lipinski definition) is 4. The van der Waals surface area contributed by atoms with Crippen molar-refractivity contribution in [1.29, 1.82) is 0 Å². The highest BCUT2D eigenvalue weighted by Crippen LogP contribution is 2.39. The average Bonchev–Trinajstić information content (AvgIpc) is 3.05. The Morgan fingerprint density at radius 3 is 2.79 bits per heavy atom. The second-order valence-electron chi connectivity index (χ2n) is 6.24. The van der Waals surface area contributed by atoms with Gasteiger partial charge in [0.1, 0.15) is 5.82 Å². The highest BCUT2D eigenvalue weighted by atomic mass is 32.2. The van der Waals surface area contributed by atoms with Gasteiger partial charge in [-0.1, -0.05) is 12.6 Å². The van der Waals surface area contributed by atoms with Gasteiger partial charge in [0.2, 0.25) is 5.91 Å². The summed E-state index contributed by atoms with van der Waals surface area (Å²) < 4.78 is 0. The minimum absolute atomic E-state index is 0.114. The van der Waals surface area contributed by atoms with Gasteiger partial charge in [-0.2, -0.15) is 0 Å². The van der Waals surface area contributed by atoms with Crippen LogP contribution in [0.1, 0.15) is 22.2 Å². The third-order valence-corrected chi connectivity index (χ3v) is 6.32. The van der Waals surface area contributed by atoms with Gasteiger partial charge in [0, 0.05) is 57.0 Å². The van der Waals surface area contributed by atoms with Crippen molar-refractivity contribution in [2.45, 2.75) is 19.2 Å². The summed E-state index contributed by atoms with van der Waals surface area (Å²) in [6.07, 6.45) is 1.76. The summed E-state index contributed by atoms with van der Waals surface area (Å²) in [6, 6.07) is 9.54. The SMILES string of the molecule is C=C(N=CC1=C(N)c2cc(CNC)sc2CS1)Nc1cccc(NC(C)=O)c1. The summed E-state index contributed by atoms with van der Waals surface area (Å²) in [5, 5.41) is 9.05. The zero-order valence-electron chi connectivity index (χ0n) is 15.8. The van der Waals surface area contributed by atoms with Crippen molar-refractivity contribution in [3.8, 4) is 0 Å². The topological polar surface area (TPSA) is 91.5 Å². The Morgan fingerprint density at radius 1 is 1.32 bits per heavy atom. The number of nitrogens with zero attached hydrogens (tertiary/aromatic N) is 1. The summed E-state index contributed by atoms with van der Waals surface area (Å²) in [7, 11) is 1.94. The molecule has 6 nitrogen and oxygen atoms in total. The molecule has 0 spiro atoms.